The van der Waals surface area contributed by atoms with Crippen LogP contribution in [-0.2, 0) is 35.4 Å². The minimum absolute atomic E-state index is 0.0301. The first kappa shape index (κ1) is 22.6. The minimum Gasteiger partial charge on any atom is -0.390 e. The summed E-state index contributed by atoms with van der Waals surface area (Å²) in [5.41, 5.74) is -4.01. The first-order valence-corrected chi connectivity index (χ1v) is 9.71. The third-order valence-electron chi connectivity index (χ3n) is 5.98. The summed E-state index contributed by atoms with van der Waals surface area (Å²) < 4.78 is 86.1. The Bertz CT molecular complexity index is 1030. The van der Waals surface area contributed by atoms with Crippen molar-refractivity contribution in [2.45, 2.75) is 49.9 Å². The maximum Gasteiger partial charge on any atom is 0.435 e. The Morgan fingerprint density at radius 2 is 2.00 bits per heavy atom. The zero-order chi connectivity index (χ0) is 23.5. The lowest BCUT2D eigenvalue weighted by atomic mass is 9.68. The summed E-state index contributed by atoms with van der Waals surface area (Å²) in [7, 11) is 1.31. The van der Waals surface area contributed by atoms with Crippen molar-refractivity contribution < 1.29 is 41.0 Å². The van der Waals surface area contributed by atoms with Crippen LogP contribution >= 0.6 is 0 Å². The first-order chi connectivity index (χ1) is 14.8. The van der Waals surface area contributed by atoms with Crippen molar-refractivity contribution in [2.75, 3.05) is 5.32 Å². The zero-order valence-electron chi connectivity index (χ0n) is 16.7. The highest BCUT2D eigenvalue weighted by atomic mass is 19.4. The molecule has 6 nitrogen and oxygen atoms in total. The predicted molar refractivity (Wildman–Crippen MR) is 98.3 cm³/mol. The van der Waals surface area contributed by atoms with Gasteiger partial charge in [-0.15, -0.1) is 0 Å². The third-order valence-corrected chi connectivity index (χ3v) is 5.98. The number of rotatable bonds is 4. The van der Waals surface area contributed by atoms with Crippen LogP contribution < -0.4 is 5.32 Å². The zero-order valence-corrected chi connectivity index (χ0v) is 16.7. The summed E-state index contributed by atoms with van der Waals surface area (Å²) in [6.45, 7) is 0. The van der Waals surface area contributed by atoms with Gasteiger partial charge in [-0.05, 0) is 31.0 Å². The second-order valence-corrected chi connectivity index (χ2v) is 8.21. The number of amides is 1. The Morgan fingerprint density at radius 3 is 2.56 bits per heavy atom. The van der Waals surface area contributed by atoms with Crippen molar-refractivity contribution in [1.29, 1.82) is 0 Å². The number of fused-ring (bicyclic) bond motifs is 2. The Hall–Kier alpha value is -2.60. The second kappa shape index (κ2) is 7.48. The molecule has 1 aromatic carbocycles. The number of aromatic nitrogens is 2. The molecule has 0 saturated carbocycles. The molecule has 1 aromatic heterocycles. The number of nitrogens with zero attached hydrogens (tertiary/aromatic N) is 2. The van der Waals surface area contributed by atoms with E-state index in [1.165, 1.54) is 13.1 Å². The molecule has 0 aliphatic carbocycles. The minimum atomic E-state index is -4.76. The van der Waals surface area contributed by atoms with Gasteiger partial charge in [0.15, 0.2) is 5.69 Å². The molecule has 2 aliphatic rings. The number of anilines is 1. The van der Waals surface area contributed by atoms with Crippen LogP contribution in [0.2, 0.25) is 0 Å². The molecule has 2 aliphatic heterocycles. The molecule has 2 N–H and O–H groups in total. The summed E-state index contributed by atoms with van der Waals surface area (Å²) in [5, 5.41) is 15.9. The second-order valence-electron chi connectivity index (χ2n) is 8.21. The van der Waals surface area contributed by atoms with Crippen molar-refractivity contribution >= 4 is 11.6 Å². The summed E-state index contributed by atoms with van der Waals surface area (Å²) in [6.07, 6.45) is -11.2. The number of ether oxygens (including phenoxy) is 1. The molecule has 174 valence electrons. The Labute approximate surface area is 178 Å². The quantitative estimate of drug-likeness (QED) is 0.681. The van der Waals surface area contributed by atoms with Crippen LogP contribution in [0.25, 0.3) is 0 Å². The van der Waals surface area contributed by atoms with Crippen molar-refractivity contribution in [3.63, 3.8) is 0 Å². The van der Waals surface area contributed by atoms with E-state index in [2.05, 4.69) is 10.4 Å². The van der Waals surface area contributed by atoms with E-state index in [9.17, 15) is 36.2 Å². The van der Waals surface area contributed by atoms with Gasteiger partial charge in [-0.1, -0.05) is 6.07 Å². The maximum atomic E-state index is 13.5. The van der Waals surface area contributed by atoms with Gasteiger partial charge in [0.2, 0.25) is 5.91 Å². The van der Waals surface area contributed by atoms with Gasteiger partial charge < -0.3 is 15.2 Å². The molecule has 4 rings (SSSR count). The fraction of sp³-hybridized carbons (Fsp3) is 0.500. The number of aliphatic hydroxyl groups is 1. The van der Waals surface area contributed by atoms with Crippen LogP contribution in [0.5, 0.6) is 0 Å². The molecule has 2 bridgehead atoms. The van der Waals surface area contributed by atoms with E-state index in [-0.39, 0.29) is 24.1 Å². The number of carbonyl (C=O) groups excluding carboxylic acids is 1. The molecule has 0 unspecified atom stereocenters. The van der Waals surface area contributed by atoms with Gasteiger partial charge in [0.25, 0.3) is 0 Å². The summed E-state index contributed by atoms with van der Waals surface area (Å²) in [6, 6.07) is 3.97. The fourth-order valence-electron chi connectivity index (χ4n) is 4.54. The van der Waals surface area contributed by atoms with Gasteiger partial charge in [-0.2, -0.15) is 31.4 Å². The van der Waals surface area contributed by atoms with Gasteiger partial charge in [0.05, 0.1) is 29.3 Å². The number of hydrogen-bond donors (Lipinski definition) is 2. The molecule has 2 saturated heterocycles. The van der Waals surface area contributed by atoms with Gasteiger partial charge in [0, 0.05) is 30.9 Å². The lowest BCUT2D eigenvalue weighted by Gasteiger charge is -2.35. The molecule has 0 spiro atoms. The largest absolute Gasteiger partial charge is 0.435 e. The molecule has 2 fully saturated rings. The number of aryl methyl sites for hydroxylation is 1. The van der Waals surface area contributed by atoms with E-state index in [4.69, 9.17) is 4.74 Å². The van der Waals surface area contributed by atoms with E-state index in [1.54, 1.807) is 0 Å². The number of halogens is 6. The van der Waals surface area contributed by atoms with Gasteiger partial charge in [-0.25, -0.2) is 0 Å². The van der Waals surface area contributed by atoms with E-state index >= 15 is 0 Å². The summed E-state index contributed by atoms with van der Waals surface area (Å²) in [4.78, 5) is 13.3. The Balaban J connectivity index is 1.68. The Kier molecular flexibility index (Phi) is 5.28. The molecule has 1 amide bonds. The number of benzene rings is 1. The van der Waals surface area contributed by atoms with E-state index < -0.39 is 59.7 Å². The molecule has 12 heteroatoms. The van der Waals surface area contributed by atoms with Gasteiger partial charge in [0.1, 0.15) is 0 Å². The standard InChI is InChI=1S/C20H19F6N3O3/c1-29-9-10(16(28-29)20(24,25)26)7-18(8-14-13(30)6-15(18)32-14)17(31)27-12-4-2-3-11(5-12)19(21,22)23/h2-5,9,13-15,30H,6-8H2,1H3,(H,27,31)/t13-,14+,15+,18-/m0/s1. The van der Waals surface area contributed by atoms with Crippen LogP contribution in [0.15, 0.2) is 30.5 Å². The fourth-order valence-corrected chi connectivity index (χ4v) is 4.54. The SMILES string of the molecule is Cn1cc(C[C@]2(C(=O)Nc3cccc(C(F)(F)F)c3)C[C@H]3O[C@@H]2C[C@@H]3O)c(C(F)(F)F)n1. The maximum absolute atomic E-state index is 13.5. The average molecular weight is 463 g/mol. The number of hydrogen-bond acceptors (Lipinski definition) is 4. The van der Waals surface area contributed by atoms with E-state index in [0.29, 0.717) is 0 Å². The lowest BCUT2D eigenvalue weighted by Crippen LogP contribution is -2.48. The molecule has 0 radical (unpaired) electrons. The van der Waals surface area contributed by atoms with E-state index in [1.807, 2.05) is 0 Å². The summed E-state index contributed by atoms with van der Waals surface area (Å²) in [5.74, 6) is -0.770. The van der Waals surface area contributed by atoms with Crippen molar-refractivity contribution in [3.8, 4) is 0 Å². The molecular formula is C20H19F6N3O3. The van der Waals surface area contributed by atoms with Crippen LogP contribution in [0, 0.1) is 5.41 Å². The lowest BCUT2D eigenvalue weighted by molar-refractivity contribution is -0.143. The Morgan fingerprint density at radius 1 is 1.28 bits per heavy atom. The molecule has 4 atom stereocenters. The van der Waals surface area contributed by atoms with E-state index in [0.717, 1.165) is 29.1 Å². The summed E-state index contributed by atoms with van der Waals surface area (Å²) >= 11 is 0. The highest BCUT2D eigenvalue weighted by Gasteiger charge is 2.60. The number of nitrogens with one attached hydrogen (secondary N) is 1. The molecular weight excluding hydrogens is 444 g/mol. The smallest absolute Gasteiger partial charge is 0.390 e. The van der Waals surface area contributed by atoms with Crippen LogP contribution in [0.3, 0.4) is 0 Å². The molecule has 3 heterocycles. The average Bonchev–Trinajstić information content (AvgIpc) is 3.33. The first-order valence-electron chi connectivity index (χ1n) is 9.71. The van der Waals surface area contributed by atoms with Crippen LogP contribution in [0.4, 0.5) is 32.0 Å². The van der Waals surface area contributed by atoms with Gasteiger partial charge >= 0.3 is 12.4 Å². The highest BCUT2D eigenvalue weighted by molar-refractivity contribution is 5.96. The number of aliphatic hydroxyl groups excluding tert-OH is 1. The molecule has 2 aromatic rings. The van der Waals surface area contributed by atoms with Crippen molar-refractivity contribution in [3.05, 3.63) is 47.3 Å². The monoisotopic (exact) mass is 463 g/mol. The normalized spacial score (nSPS) is 27.7. The number of carbonyl (C=O) groups is 1. The number of alkyl halides is 6. The van der Waals surface area contributed by atoms with Crippen molar-refractivity contribution in [1.82, 2.24) is 9.78 Å². The van der Waals surface area contributed by atoms with Crippen LogP contribution in [0.1, 0.15) is 29.7 Å². The predicted octanol–water partition coefficient (Wildman–Crippen LogP) is 3.55. The molecule has 32 heavy (non-hydrogen) atoms. The van der Waals surface area contributed by atoms with Crippen LogP contribution in [-0.4, -0.2) is 39.1 Å². The van der Waals surface area contributed by atoms with Gasteiger partial charge in [-0.3, -0.25) is 9.48 Å². The highest BCUT2D eigenvalue weighted by Crippen LogP contribution is 2.51. The third kappa shape index (κ3) is 3.96. The van der Waals surface area contributed by atoms with Crippen molar-refractivity contribution in [2.24, 2.45) is 12.5 Å². The topological polar surface area (TPSA) is 76.4 Å².